The van der Waals surface area contributed by atoms with Crippen molar-refractivity contribution in [3.8, 4) is 5.75 Å². The summed E-state index contributed by atoms with van der Waals surface area (Å²) in [6, 6.07) is 8.07. The lowest BCUT2D eigenvalue weighted by molar-refractivity contribution is -0.0179. The first-order valence-electron chi connectivity index (χ1n) is 9.70. The lowest BCUT2D eigenvalue weighted by Crippen LogP contribution is -2.48. The average Bonchev–Trinajstić information content (AvgIpc) is 2.67. The van der Waals surface area contributed by atoms with Crippen LogP contribution < -0.4 is 15.4 Å². The number of benzene rings is 1. The molecule has 7 nitrogen and oxygen atoms in total. The highest BCUT2D eigenvalue weighted by molar-refractivity contribution is 5.79. The minimum Gasteiger partial charge on any atom is -0.497 e. The van der Waals surface area contributed by atoms with E-state index in [4.69, 9.17) is 9.47 Å². The molecule has 1 aromatic rings. The highest BCUT2D eigenvalue weighted by atomic mass is 16.5. The van der Waals surface area contributed by atoms with Crippen LogP contribution in [0.5, 0.6) is 5.75 Å². The number of aliphatic hydroxyl groups is 1. The van der Waals surface area contributed by atoms with Crippen LogP contribution in [0.3, 0.4) is 0 Å². The molecule has 27 heavy (non-hydrogen) atoms. The summed E-state index contributed by atoms with van der Waals surface area (Å²) in [7, 11) is 1.67. The molecule has 1 atom stereocenters. The van der Waals surface area contributed by atoms with E-state index in [0.717, 1.165) is 57.5 Å². The number of methoxy groups -OCH3 is 1. The van der Waals surface area contributed by atoms with Crippen molar-refractivity contribution in [2.24, 2.45) is 4.99 Å². The van der Waals surface area contributed by atoms with Crippen molar-refractivity contribution in [3.63, 3.8) is 0 Å². The van der Waals surface area contributed by atoms with Gasteiger partial charge in [-0.3, -0.25) is 9.89 Å². The van der Waals surface area contributed by atoms with Gasteiger partial charge >= 0.3 is 0 Å². The molecule has 0 bridgehead atoms. The van der Waals surface area contributed by atoms with Crippen molar-refractivity contribution in [1.29, 1.82) is 0 Å². The Kier molecular flexibility index (Phi) is 8.84. The minimum absolute atomic E-state index is 0.349. The van der Waals surface area contributed by atoms with E-state index in [2.05, 4.69) is 32.7 Å². The summed E-state index contributed by atoms with van der Waals surface area (Å²) in [5.74, 6) is 1.59. The topological polar surface area (TPSA) is 78.4 Å². The third-order valence-electron chi connectivity index (χ3n) is 4.46. The molecule has 0 radical (unpaired) electrons. The van der Waals surface area contributed by atoms with Crippen molar-refractivity contribution in [3.05, 3.63) is 29.8 Å². The monoisotopic (exact) mass is 378 g/mol. The van der Waals surface area contributed by atoms with E-state index in [1.807, 2.05) is 26.0 Å². The number of nitrogens with one attached hydrogen (secondary N) is 2. The molecule has 1 aliphatic heterocycles. The molecule has 1 saturated heterocycles. The second-order valence-corrected chi connectivity index (χ2v) is 7.11. The number of morpholine rings is 1. The van der Waals surface area contributed by atoms with Crippen LogP contribution in [0, 0.1) is 0 Å². The van der Waals surface area contributed by atoms with Crippen LogP contribution in [0.2, 0.25) is 0 Å². The standard InChI is InChI=1S/C20H34N4O3/c1-4-21-19(22-10-9-17-5-7-18(26-3)8-6-17)23-15-20(2,25)16-24-11-13-27-14-12-24/h5-8,25H,4,9-16H2,1-3H3,(H2,21,22,23). The molecule has 1 aromatic carbocycles. The predicted molar refractivity (Wildman–Crippen MR) is 109 cm³/mol. The Balaban J connectivity index is 1.80. The van der Waals surface area contributed by atoms with E-state index < -0.39 is 5.60 Å². The van der Waals surface area contributed by atoms with Crippen LogP contribution in [0.25, 0.3) is 0 Å². The number of rotatable bonds is 9. The third kappa shape index (κ3) is 8.15. The number of aliphatic imine (C=N–C) groups is 1. The molecule has 2 rings (SSSR count). The van der Waals surface area contributed by atoms with Crippen LogP contribution in [-0.4, -0.2) is 81.2 Å². The number of guanidine groups is 1. The Hall–Kier alpha value is -1.83. The Morgan fingerprint density at radius 1 is 1.26 bits per heavy atom. The summed E-state index contributed by atoms with van der Waals surface area (Å²) in [6.45, 7) is 9.56. The summed E-state index contributed by atoms with van der Waals surface area (Å²) in [6.07, 6.45) is 0.887. The highest BCUT2D eigenvalue weighted by Crippen LogP contribution is 2.11. The largest absolute Gasteiger partial charge is 0.497 e. The molecule has 0 saturated carbocycles. The smallest absolute Gasteiger partial charge is 0.191 e. The maximum Gasteiger partial charge on any atom is 0.191 e. The number of nitrogens with zero attached hydrogens (tertiary/aromatic N) is 2. The zero-order valence-corrected chi connectivity index (χ0v) is 16.8. The zero-order chi connectivity index (χ0) is 19.5. The average molecular weight is 379 g/mol. The predicted octanol–water partition coefficient (Wildman–Crippen LogP) is 0.876. The van der Waals surface area contributed by atoms with Crippen molar-refractivity contribution < 1.29 is 14.6 Å². The lowest BCUT2D eigenvalue weighted by atomic mass is 10.1. The SMILES string of the molecule is CCNC(=NCC(C)(O)CN1CCOCC1)NCCc1ccc(OC)cc1. The first kappa shape index (κ1) is 21.5. The third-order valence-corrected chi connectivity index (χ3v) is 4.46. The molecule has 0 aromatic heterocycles. The van der Waals surface area contributed by atoms with Crippen molar-refractivity contribution in [2.75, 3.05) is 59.6 Å². The Labute approximate surface area is 162 Å². The summed E-state index contributed by atoms with van der Waals surface area (Å²) >= 11 is 0. The van der Waals surface area contributed by atoms with Crippen LogP contribution in [-0.2, 0) is 11.2 Å². The van der Waals surface area contributed by atoms with Crippen LogP contribution >= 0.6 is 0 Å². The fourth-order valence-corrected chi connectivity index (χ4v) is 3.00. The van der Waals surface area contributed by atoms with E-state index in [9.17, 15) is 5.11 Å². The van der Waals surface area contributed by atoms with Gasteiger partial charge in [0.2, 0.25) is 0 Å². The normalized spacial score (nSPS) is 18.0. The first-order valence-corrected chi connectivity index (χ1v) is 9.70. The fraction of sp³-hybridized carbons (Fsp3) is 0.650. The van der Waals surface area contributed by atoms with Gasteiger partial charge in [0, 0.05) is 32.7 Å². The molecule has 1 fully saturated rings. The molecule has 0 amide bonds. The minimum atomic E-state index is -0.865. The molecule has 3 N–H and O–H groups in total. The molecular weight excluding hydrogens is 344 g/mol. The highest BCUT2D eigenvalue weighted by Gasteiger charge is 2.25. The molecule has 1 unspecified atom stereocenters. The van der Waals surface area contributed by atoms with Crippen LogP contribution in [0.1, 0.15) is 19.4 Å². The maximum absolute atomic E-state index is 10.7. The number of ether oxygens (including phenoxy) is 2. The summed E-state index contributed by atoms with van der Waals surface area (Å²) in [5.41, 5.74) is 0.369. The Bertz CT molecular complexity index is 569. The summed E-state index contributed by atoms with van der Waals surface area (Å²) < 4.78 is 10.5. The van der Waals surface area contributed by atoms with Gasteiger partial charge in [0.15, 0.2) is 5.96 Å². The second kappa shape index (κ2) is 11.1. The van der Waals surface area contributed by atoms with E-state index in [1.165, 1.54) is 5.56 Å². The maximum atomic E-state index is 10.7. The van der Waals surface area contributed by atoms with Gasteiger partial charge in [-0.2, -0.15) is 0 Å². The fourth-order valence-electron chi connectivity index (χ4n) is 3.00. The van der Waals surface area contributed by atoms with Gasteiger partial charge in [-0.05, 0) is 38.0 Å². The van der Waals surface area contributed by atoms with Gasteiger partial charge in [-0.1, -0.05) is 12.1 Å². The molecular formula is C20H34N4O3. The van der Waals surface area contributed by atoms with E-state index in [0.29, 0.717) is 13.1 Å². The van der Waals surface area contributed by atoms with Gasteiger partial charge in [-0.15, -0.1) is 0 Å². The molecule has 7 heteroatoms. The van der Waals surface area contributed by atoms with Crippen LogP contribution in [0.15, 0.2) is 29.3 Å². The van der Waals surface area contributed by atoms with E-state index in [-0.39, 0.29) is 0 Å². The number of β-amino-alcohol motifs (C(OH)–C–C–N with tert-alkyl or cyclic N) is 1. The number of hydrogen-bond acceptors (Lipinski definition) is 5. The number of hydrogen-bond donors (Lipinski definition) is 3. The molecule has 152 valence electrons. The lowest BCUT2D eigenvalue weighted by Gasteiger charge is -2.33. The van der Waals surface area contributed by atoms with Crippen molar-refractivity contribution >= 4 is 5.96 Å². The summed E-state index contributed by atoms with van der Waals surface area (Å²) in [4.78, 5) is 6.80. The quantitative estimate of drug-likeness (QED) is 0.437. The molecule has 0 spiro atoms. The van der Waals surface area contributed by atoms with Gasteiger partial charge in [0.25, 0.3) is 0 Å². The Morgan fingerprint density at radius 2 is 1.96 bits per heavy atom. The van der Waals surface area contributed by atoms with Gasteiger partial charge in [0.05, 0.1) is 32.5 Å². The first-order chi connectivity index (χ1) is 13.0. The zero-order valence-electron chi connectivity index (χ0n) is 16.8. The molecule has 0 aliphatic carbocycles. The van der Waals surface area contributed by atoms with Crippen molar-refractivity contribution in [1.82, 2.24) is 15.5 Å². The van der Waals surface area contributed by atoms with E-state index >= 15 is 0 Å². The van der Waals surface area contributed by atoms with Gasteiger partial charge in [0.1, 0.15) is 5.75 Å². The van der Waals surface area contributed by atoms with E-state index in [1.54, 1.807) is 7.11 Å². The van der Waals surface area contributed by atoms with Gasteiger partial charge in [-0.25, -0.2) is 0 Å². The molecule has 1 heterocycles. The second-order valence-electron chi connectivity index (χ2n) is 7.11. The molecule has 1 aliphatic rings. The van der Waals surface area contributed by atoms with Gasteiger partial charge < -0.3 is 25.2 Å². The van der Waals surface area contributed by atoms with Crippen molar-refractivity contribution in [2.45, 2.75) is 25.9 Å². The Morgan fingerprint density at radius 3 is 2.59 bits per heavy atom. The van der Waals surface area contributed by atoms with Crippen LogP contribution in [0.4, 0.5) is 0 Å². The summed E-state index contributed by atoms with van der Waals surface area (Å²) in [5, 5.41) is 17.3.